The van der Waals surface area contributed by atoms with E-state index in [1.54, 1.807) is 38.1 Å². The summed E-state index contributed by atoms with van der Waals surface area (Å²) < 4.78 is 0. The van der Waals surface area contributed by atoms with Crippen molar-refractivity contribution < 1.29 is 9.59 Å². The zero-order valence-electron chi connectivity index (χ0n) is 18.9. The van der Waals surface area contributed by atoms with Gasteiger partial charge in [-0.2, -0.15) is 5.26 Å². The number of anilines is 1. The Kier molecular flexibility index (Phi) is 7.42. The van der Waals surface area contributed by atoms with Gasteiger partial charge in [-0.25, -0.2) is 0 Å². The van der Waals surface area contributed by atoms with E-state index in [0.717, 1.165) is 11.1 Å². The lowest BCUT2D eigenvalue weighted by Crippen LogP contribution is -2.28. The molecule has 33 heavy (non-hydrogen) atoms. The Morgan fingerprint density at radius 3 is 2.42 bits per heavy atom. The fourth-order valence-corrected chi connectivity index (χ4v) is 3.76. The van der Waals surface area contributed by atoms with Gasteiger partial charge in [0.15, 0.2) is 0 Å². The van der Waals surface area contributed by atoms with Gasteiger partial charge < -0.3 is 15.6 Å². The van der Waals surface area contributed by atoms with Crippen molar-refractivity contribution in [2.75, 3.05) is 5.32 Å². The van der Waals surface area contributed by atoms with Crippen LogP contribution in [0.2, 0.25) is 0 Å². The van der Waals surface area contributed by atoms with Crippen LogP contribution in [-0.4, -0.2) is 16.8 Å². The van der Waals surface area contributed by atoms with Crippen LogP contribution in [0.3, 0.4) is 0 Å². The molecule has 0 saturated carbocycles. The maximum Gasteiger partial charge on any atom is 0.266 e. The highest BCUT2D eigenvalue weighted by molar-refractivity contribution is 6.03. The molecule has 7 heteroatoms. The zero-order chi connectivity index (χ0) is 24.0. The number of hydrogen-bond donors (Lipinski definition) is 3. The van der Waals surface area contributed by atoms with E-state index in [1.165, 1.54) is 0 Å². The van der Waals surface area contributed by atoms with Crippen LogP contribution >= 0.6 is 0 Å². The first-order chi connectivity index (χ1) is 15.8. The normalized spacial score (nSPS) is 11.3. The minimum absolute atomic E-state index is 0.0607. The summed E-state index contributed by atoms with van der Waals surface area (Å²) in [6.07, 6.45) is 0.489. The molecule has 0 radical (unpaired) electrons. The molecule has 1 unspecified atom stereocenters. The zero-order valence-corrected chi connectivity index (χ0v) is 18.9. The van der Waals surface area contributed by atoms with Gasteiger partial charge in [-0.1, -0.05) is 42.5 Å². The van der Waals surface area contributed by atoms with Gasteiger partial charge in [-0.05, 0) is 56.0 Å². The molecule has 0 spiro atoms. The number of pyridine rings is 1. The highest BCUT2D eigenvalue weighted by Gasteiger charge is 2.17. The molecule has 3 N–H and O–H groups in total. The highest BCUT2D eigenvalue weighted by atomic mass is 16.2. The second-order valence-corrected chi connectivity index (χ2v) is 7.87. The van der Waals surface area contributed by atoms with Crippen molar-refractivity contribution in [3.8, 4) is 6.07 Å². The van der Waals surface area contributed by atoms with Gasteiger partial charge in [0.2, 0.25) is 5.91 Å². The molecule has 3 rings (SSSR count). The second-order valence-electron chi connectivity index (χ2n) is 7.87. The summed E-state index contributed by atoms with van der Waals surface area (Å²) in [6.45, 7) is 5.36. The molecule has 2 amide bonds. The van der Waals surface area contributed by atoms with Gasteiger partial charge in [0.05, 0.1) is 17.3 Å². The molecule has 0 aliphatic rings. The van der Waals surface area contributed by atoms with Gasteiger partial charge in [0, 0.05) is 12.1 Å². The number of rotatable bonds is 7. The van der Waals surface area contributed by atoms with Crippen LogP contribution in [-0.2, 0) is 11.2 Å². The lowest BCUT2D eigenvalue weighted by atomic mass is 9.99. The Hall–Kier alpha value is -4.18. The number of para-hydroxylation sites is 1. The Morgan fingerprint density at radius 1 is 1.06 bits per heavy atom. The Morgan fingerprint density at radius 2 is 1.73 bits per heavy atom. The van der Waals surface area contributed by atoms with Crippen molar-refractivity contribution in [3.05, 3.63) is 98.5 Å². The lowest BCUT2D eigenvalue weighted by molar-refractivity contribution is -0.116. The molecule has 0 fully saturated rings. The summed E-state index contributed by atoms with van der Waals surface area (Å²) >= 11 is 0. The summed E-state index contributed by atoms with van der Waals surface area (Å²) in [7, 11) is 0. The van der Waals surface area contributed by atoms with Crippen molar-refractivity contribution in [1.29, 1.82) is 5.26 Å². The van der Waals surface area contributed by atoms with E-state index in [2.05, 4.69) is 15.6 Å². The molecule has 1 heterocycles. The van der Waals surface area contributed by atoms with Gasteiger partial charge in [0.1, 0.15) is 11.6 Å². The van der Waals surface area contributed by atoms with E-state index in [9.17, 15) is 19.6 Å². The summed E-state index contributed by atoms with van der Waals surface area (Å²) in [5.74, 6) is -0.553. The number of carbonyl (C=O) groups is 2. The minimum Gasteiger partial charge on any atom is -0.345 e. The van der Waals surface area contributed by atoms with Crippen LogP contribution in [0, 0.1) is 25.2 Å². The molecule has 0 bridgehead atoms. The third-order valence-electron chi connectivity index (χ3n) is 5.62. The number of hydrogen-bond acceptors (Lipinski definition) is 4. The fourth-order valence-electron chi connectivity index (χ4n) is 3.76. The number of aromatic nitrogens is 1. The maximum absolute atomic E-state index is 12.9. The molecule has 1 aromatic heterocycles. The van der Waals surface area contributed by atoms with E-state index in [1.807, 2.05) is 43.3 Å². The first-order valence-electron chi connectivity index (χ1n) is 10.7. The SMILES string of the molecule is Cc1[nH]c(=O)c(C#N)c(C)c1CCC(=O)Nc1ccccc1C(=O)NC(C)c1ccccc1. The Bertz CT molecular complexity index is 1270. The average molecular weight is 443 g/mol. The number of nitrogens with one attached hydrogen (secondary N) is 3. The molecular weight excluding hydrogens is 416 g/mol. The number of aromatic amines is 1. The van der Waals surface area contributed by atoms with E-state index < -0.39 is 5.56 Å². The first kappa shape index (κ1) is 23.5. The molecule has 1 atom stereocenters. The van der Waals surface area contributed by atoms with E-state index in [-0.39, 0.29) is 29.8 Å². The summed E-state index contributed by atoms with van der Waals surface area (Å²) in [5.41, 5.74) is 3.40. The van der Waals surface area contributed by atoms with Crippen LogP contribution in [0.4, 0.5) is 5.69 Å². The van der Waals surface area contributed by atoms with Crippen molar-refractivity contribution in [2.45, 2.75) is 39.7 Å². The van der Waals surface area contributed by atoms with Crippen molar-refractivity contribution in [2.24, 2.45) is 0 Å². The lowest BCUT2D eigenvalue weighted by Gasteiger charge is -2.16. The van der Waals surface area contributed by atoms with Crippen molar-refractivity contribution in [3.63, 3.8) is 0 Å². The van der Waals surface area contributed by atoms with Crippen LogP contribution in [0.25, 0.3) is 0 Å². The monoisotopic (exact) mass is 442 g/mol. The van der Waals surface area contributed by atoms with Crippen LogP contribution in [0.15, 0.2) is 59.4 Å². The largest absolute Gasteiger partial charge is 0.345 e. The molecule has 168 valence electrons. The first-order valence-corrected chi connectivity index (χ1v) is 10.7. The third-order valence-corrected chi connectivity index (χ3v) is 5.62. The predicted molar refractivity (Wildman–Crippen MR) is 127 cm³/mol. The van der Waals surface area contributed by atoms with Crippen LogP contribution < -0.4 is 16.2 Å². The number of carbonyl (C=O) groups excluding carboxylic acids is 2. The molecular formula is C26H26N4O3. The van der Waals surface area contributed by atoms with Gasteiger partial charge in [-0.3, -0.25) is 14.4 Å². The van der Waals surface area contributed by atoms with Gasteiger partial charge in [0.25, 0.3) is 11.5 Å². The number of amides is 2. The van der Waals surface area contributed by atoms with Crippen LogP contribution in [0.1, 0.15) is 57.7 Å². The molecule has 2 aromatic carbocycles. The number of H-pyrrole nitrogens is 1. The van der Waals surface area contributed by atoms with Crippen molar-refractivity contribution in [1.82, 2.24) is 10.3 Å². The predicted octanol–water partition coefficient (Wildman–Crippen LogP) is 3.93. The summed E-state index contributed by atoms with van der Waals surface area (Å²) in [5, 5.41) is 15.0. The number of nitrogens with zero attached hydrogens (tertiary/aromatic N) is 1. The quantitative estimate of drug-likeness (QED) is 0.514. The maximum atomic E-state index is 12.9. The summed E-state index contributed by atoms with van der Waals surface area (Å²) in [6, 6.07) is 18.2. The third kappa shape index (κ3) is 5.55. The minimum atomic E-state index is -0.426. The standard InChI is InChI=1S/C26H26N4O3/c1-16-20(18(3)29-26(33)22(16)15-27)13-14-24(31)30-23-12-8-7-11-21(23)25(32)28-17(2)19-9-5-4-6-10-19/h4-12,17H,13-14H2,1-3H3,(H,28,32)(H,29,33)(H,30,31). The average Bonchev–Trinajstić information content (AvgIpc) is 2.79. The summed E-state index contributed by atoms with van der Waals surface area (Å²) in [4.78, 5) is 40.1. The molecule has 7 nitrogen and oxygen atoms in total. The molecule has 0 saturated heterocycles. The Balaban J connectivity index is 1.70. The van der Waals surface area contributed by atoms with Crippen LogP contribution in [0.5, 0.6) is 0 Å². The second kappa shape index (κ2) is 10.4. The van der Waals surface area contributed by atoms with E-state index in [0.29, 0.717) is 28.9 Å². The van der Waals surface area contributed by atoms with Gasteiger partial charge >= 0.3 is 0 Å². The van der Waals surface area contributed by atoms with Crippen molar-refractivity contribution >= 4 is 17.5 Å². The Labute approximate surface area is 192 Å². The number of benzene rings is 2. The van der Waals surface area contributed by atoms with E-state index >= 15 is 0 Å². The fraction of sp³-hybridized carbons (Fsp3) is 0.231. The topological polar surface area (TPSA) is 115 Å². The molecule has 3 aromatic rings. The van der Waals surface area contributed by atoms with E-state index in [4.69, 9.17) is 0 Å². The molecule has 0 aliphatic heterocycles. The number of nitriles is 1. The molecule has 0 aliphatic carbocycles. The number of aryl methyl sites for hydroxylation is 1. The smallest absolute Gasteiger partial charge is 0.266 e. The van der Waals surface area contributed by atoms with Gasteiger partial charge in [-0.15, -0.1) is 0 Å². The highest BCUT2D eigenvalue weighted by Crippen LogP contribution is 2.19.